The third-order valence-corrected chi connectivity index (χ3v) is 2.48. The van der Waals surface area contributed by atoms with Gasteiger partial charge in [-0.1, -0.05) is 26.3 Å². The Bertz CT molecular complexity index is 294. The lowest BCUT2D eigenvalue weighted by Crippen LogP contribution is -2.07. The third-order valence-electron chi connectivity index (χ3n) is 2.48. The van der Waals surface area contributed by atoms with Gasteiger partial charge in [-0.15, -0.1) is 0 Å². The summed E-state index contributed by atoms with van der Waals surface area (Å²) in [7, 11) is 0. The SMILES string of the molecule is CCC(C)COc1cccc(O)c1C. The Morgan fingerprint density at radius 3 is 2.79 bits per heavy atom. The lowest BCUT2D eigenvalue weighted by molar-refractivity contribution is 0.254. The summed E-state index contributed by atoms with van der Waals surface area (Å²) in [6.07, 6.45) is 1.11. The summed E-state index contributed by atoms with van der Waals surface area (Å²) in [6.45, 7) is 6.86. The molecule has 1 aromatic carbocycles. The van der Waals surface area contributed by atoms with Crippen molar-refractivity contribution in [2.45, 2.75) is 27.2 Å². The highest BCUT2D eigenvalue weighted by atomic mass is 16.5. The normalized spacial score (nSPS) is 12.5. The Labute approximate surface area is 85.5 Å². The fourth-order valence-corrected chi connectivity index (χ4v) is 1.11. The second kappa shape index (κ2) is 4.89. The van der Waals surface area contributed by atoms with Crippen LogP contribution >= 0.6 is 0 Å². The quantitative estimate of drug-likeness (QED) is 0.798. The van der Waals surface area contributed by atoms with Crippen LogP contribution in [0.4, 0.5) is 0 Å². The summed E-state index contributed by atoms with van der Waals surface area (Å²) in [4.78, 5) is 0. The molecule has 0 aromatic heterocycles. The Balaban J connectivity index is 2.63. The number of ether oxygens (including phenoxy) is 1. The van der Waals surface area contributed by atoms with E-state index < -0.39 is 0 Å². The highest BCUT2D eigenvalue weighted by Crippen LogP contribution is 2.26. The van der Waals surface area contributed by atoms with Gasteiger partial charge in [0.1, 0.15) is 11.5 Å². The van der Waals surface area contributed by atoms with E-state index in [1.807, 2.05) is 13.0 Å². The zero-order valence-corrected chi connectivity index (χ0v) is 9.08. The Kier molecular flexibility index (Phi) is 3.81. The van der Waals surface area contributed by atoms with Crippen molar-refractivity contribution < 1.29 is 9.84 Å². The molecule has 0 saturated heterocycles. The number of rotatable bonds is 4. The summed E-state index contributed by atoms with van der Waals surface area (Å²) in [6, 6.07) is 5.36. The van der Waals surface area contributed by atoms with Crippen LogP contribution < -0.4 is 4.74 Å². The Morgan fingerprint density at radius 2 is 2.14 bits per heavy atom. The fourth-order valence-electron chi connectivity index (χ4n) is 1.11. The van der Waals surface area contributed by atoms with E-state index in [4.69, 9.17) is 4.74 Å². The van der Waals surface area contributed by atoms with Crippen LogP contribution in [0.5, 0.6) is 11.5 Å². The fraction of sp³-hybridized carbons (Fsp3) is 0.500. The van der Waals surface area contributed by atoms with Crippen molar-refractivity contribution in [2.24, 2.45) is 5.92 Å². The van der Waals surface area contributed by atoms with E-state index in [1.54, 1.807) is 12.1 Å². The van der Waals surface area contributed by atoms with Crippen molar-refractivity contribution >= 4 is 0 Å². The van der Waals surface area contributed by atoms with Crippen LogP contribution in [0.25, 0.3) is 0 Å². The van der Waals surface area contributed by atoms with Crippen molar-refractivity contribution in [1.29, 1.82) is 0 Å². The van der Waals surface area contributed by atoms with Crippen LogP contribution in [-0.2, 0) is 0 Å². The molecule has 2 nitrogen and oxygen atoms in total. The lowest BCUT2D eigenvalue weighted by Gasteiger charge is -2.13. The molecule has 0 spiro atoms. The Morgan fingerprint density at radius 1 is 1.43 bits per heavy atom. The van der Waals surface area contributed by atoms with Crippen molar-refractivity contribution in [3.8, 4) is 11.5 Å². The minimum Gasteiger partial charge on any atom is -0.508 e. The number of phenols is 1. The van der Waals surface area contributed by atoms with Crippen LogP contribution in [0.3, 0.4) is 0 Å². The topological polar surface area (TPSA) is 29.5 Å². The zero-order valence-electron chi connectivity index (χ0n) is 9.08. The summed E-state index contributed by atoms with van der Waals surface area (Å²) in [5.74, 6) is 1.63. The molecule has 1 N–H and O–H groups in total. The maximum atomic E-state index is 9.44. The van der Waals surface area contributed by atoms with Gasteiger partial charge in [-0.3, -0.25) is 0 Å². The minimum absolute atomic E-state index is 0.298. The number of aromatic hydroxyl groups is 1. The Hall–Kier alpha value is -1.18. The molecule has 1 unspecified atom stereocenters. The molecular weight excluding hydrogens is 176 g/mol. The molecule has 0 radical (unpaired) electrons. The first kappa shape index (κ1) is 10.9. The van der Waals surface area contributed by atoms with Crippen molar-refractivity contribution in [1.82, 2.24) is 0 Å². The van der Waals surface area contributed by atoms with Crippen LogP contribution in [0.2, 0.25) is 0 Å². The standard InChI is InChI=1S/C12H18O2/c1-4-9(2)8-14-12-7-5-6-11(13)10(12)3/h5-7,9,13H,4,8H2,1-3H3. The monoisotopic (exact) mass is 194 g/mol. The average molecular weight is 194 g/mol. The molecule has 0 aliphatic carbocycles. The predicted octanol–water partition coefficient (Wildman–Crippen LogP) is 3.13. The largest absolute Gasteiger partial charge is 0.508 e. The molecule has 0 saturated carbocycles. The molecule has 1 aromatic rings. The van der Waals surface area contributed by atoms with E-state index in [0.717, 1.165) is 17.7 Å². The van der Waals surface area contributed by atoms with Gasteiger partial charge in [0.15, 0.2) is 0 Å². The van der Waals surface area contributed by atoms with Gasteiger partial charge in [-0.25, -0.2) is 0 Å². The number of hydrogen-bond donors (Lipinski definition) is 1. The van der Waals surface area contributed by atoms with E-state index in [9.17, 15) is 5.11 Å². The predicted molar refractivity (Wildman–Crippen MR) is 57.8 cm³/mol. The second-order valence-corrected chi connectivity index (χ2v) is 3.72. The molecule has 0 fully saturated rings. The molecular formula is C12H18O2. The van der Waals surface area contributed by atoms with Gasteiger partial charge < -0.3 is 9.84 Å². The lowest BCUT2D eigenvalue weighted by atomic mass is 10.1. The molecule has 0 aliphatic rings. The first-order chi connectivity index (χ1) is 6.65. The summed E-state index contributed by atoms with van der Waals surface area (Å²) in [5, 5.41) is 9.44. The van der Waals surface area contributed by atoms with E-state index in [0.29, 0.717) is 18.3 Å². The summed E-state index contributed by atoms with van der Waals surface area (Å²) >= 11 is 0. The van der Waals surface area contributed by atoms with Crippen LogP contribution in [0, 0.1) is 12.8 Å². The van der Waals surface area contributed by atoms with E-state index >= 15 is 0 Å². The highest BCUT2D eigenvalue weighted by Gasteiger charge is 2.05. The van der Waals surface area contributed by atoms with Gasteiger partial charge in [0.25, 0.3) is 0 Å². The number of hydrogen-bond acceptors (Lipinski definition) is 2. The van der Waals surface area contributed by atoms with Gasteiger partial charge in [0, 0.05) is 5.56 Å². The first-order valence-electron chi connectivity index (χ1n) is 5.06. The van der Waals surface area contributed by atoms with Gasteiger partial charge in [-0.2, -0.15) is 0 Å². The second-order valence-electron chi connectivity index (χ2n) is 3.72. The van der Waals surface area contributed by atoms with Crippen molar-refractivity contribution in [2.75, 3.05) is 6.61 Å². The van der Waals surface area contributed by atoms with Gasteiger partial charge in [0.05, 0.1) is 6.61 Å². The van der Waals surface area contributed by atoms with E-state index in [-0.39, 0.29) is 0 Å². The molecule has 1 atom stereocenters. The average Bonchev–Trinajstić information content (AvgIpc) is 2.20. The molecule has 0 bridgehead atoms. The molecule has 1 rings (SSSR count). The highest BCUT2D eigenvalue weighted by molar-refractivity contribution is 5.42. The van der Waals surface area contributed by atoms with Gasteiger partial charge in [0.2, 0.25) is 0 Å². The van der Waals surface area contributed by atoms with Gasteiger partial charge >= 0.3 is 0 Å². The molecule has 0 aliphatic heterocycles. The van der Waals surface area contributed by atoms with E-state index in [1.165, 1.54) is 0 Å². The first-order valence-corrected chi connectivity index (χ1v) is 5.06. The van der Waals surface area contributed by atoms with Crippen LogP contribution in [0.15, 0.2) is 18.2 Å². The number of phenolic OH excluding ortho intramolecular Hbond substituents is 1. The minimum atomic E-state index is 0.298. The van der Waals surface area contributed by atoms with Crippen molar-refractivity contribution in [3.05, 3.63) is 23.8 Å². The maximum absolute atomic E-state index is 9.44. The molecule has 14 heavy (non-hydrogen) atoms. The third kappa shape index (κ3) is 2.66. The zero-order chi connectivity index (χ0) is 10.6. The van der Waals surface area contributed by atoms with Gasteiger partial charge in [-0.05, 0) is 25.0 Å². The summed E-state index contributed by atoms with van der Waals surface area (Å²) < 4.78 is 5.61. The smallest absolute Gasteiger partial charge is 0.125 e. The summed E-state index contributed by atoms with van der Waals surface area (Å²) in [5.41, 5.74) is 0.816. The molecule has 78 valence electrons. The molecule has 0 amide bonds. The van der Waals surface area contributed by atoms with Crippen LogP contribution in [-0.4, -0.2) is 11.7 Å². The molecule has 0 heterocycles. The van der Waals surface area contributed by atoms with Crippen LogP contribution in [0.1, 0.15) is 25.8 Å². The maximum Gasteiger partial charge on any atom is 0.125 e. The van der Waals surface area contributed by atoms with E-state index in [2.05, 4.69) is 13.8 Å². The number of benzene rings is 1. The van der Waals surface area contributed by atoms with Crippen molar-refractivity contribution in [3.63, 3.8) is 0 Å². The molecule has 2 heteroatoms.